The van der Waals surface area contributed by atoms with Gasteiger partial charge in [0.2, 0.25) is 0 Å². The summed E-state index contributed by atoms with van der Waals surface area (Å²) in [6.07, 6.45) is 5.03. The summed E-state index contributed by atoms with van der Waals surface area (Å²) in [5.74, 6) is 1.53. The number of hydrogen-bond donors (Lipinski definition) is 1. The van der Waals surface area contributed by atoms with Crippen molar-refractivity contribution >= 4 is 10.9 Å². The highest BCUT2D eigenvalue weighted by Gasteiger charge is 2.34. The van der Waals surface area contributed by atoms with Crippen LogP contribution in [-0.4, -0.2) is 40.4 Å². The SMILES string of the molecule is COc1cccc(C2c3[nH]c4ccccc4c3CCN2Cc2cnn(C)c2)c1OC. The van der Waals surface area contributed by atoms with E-state index in [0.29, 0.717) is 0 Å². The molecule has 6 nitrogen and oxygen atoms in total. The van der Waals surface area contributed by atoms with E-state index < -0.39 is 0 Å². The first-order valence-corrected chi connectivity index (χ1v) is 10.2. The van der Waals surface area contributed by atoms with Crippen molar-refractivity contribution in [2.24, 2.45) is 7.05 Å². The van der Waals surface area contributed by atoms with Gasteiger partial charge in [-0.3, -0.25) is 9.58 Å². The van der Waals surface area contributed by atoms with Crippen LogP contribution in [0.5, 0.6) is 11.5 Å². The Morgan fingerprint density at radius 2 is 1.97 bits per heavy atom. The second kappa shape index (κ2) is 7.54. The van der Waals surface area contributed by atoms with Gasteiger partial charge in [0.05, 0.1) is 26.5 Å². The van der Waals surface area contributed by atoms with Crippen LogP contribution in [-0.2, 0) is 20.0 Å². The van der Waals surface area contributed by atoms with Crippen LogP contribution in [0.15, 0.2) is 54.9 Å². The number of aromatic amines is 1. The molecule has 0 aliphatic carbocycles. The summed E-state index contributed by atoms with van der Waals surface area (Å²) >= 11 is 0. The molecule has 0 amide bonds. The molecule has 0 spiro atoms. The second-order valence-electron chi connectivity index (χ2n) is 7.79. The molecule has 5 rings (SSSR count). The van der Waals surface area contributed by atoms with E-state index in [4.69, 9.17) is 9.47 Å². The molecule has 0 saturated heterocycles. The summed E-state index contributed by atoms with van der Waals surface area (Å²) in [5.41, 5.74) is 6.11. The minimum atomic E-state index is 0.0337. The van der Waals surface area contributed by atoms with E-state index in [2.05, 4.69) is 51.5 Å². The number of aryl methyl sites for hydroxylation is 1. The van der Waals surface area contributed by atoms with Crippen LogP contribution >= 0.6 is 0 Å². The smallest absolute Gasteiger partial charge is 0.165 e. The summed E-state index contributed by atoms with van der Waals surface area (Å²) in [5, 5.41) is 5.66. The van der Waals surface area contributed by atoms with E-state index in [9.17, 15) is 0 Å². The lowest BCUT2D eigenvalue weighted by molar-refractivity contribution is 0.197. The fourth-order valence-electron chi connectivity index (χ4n) is 4.73. The molecule has 6 heteroatoms. The molecule has 1 unspecified atom stereocenters. The molecule has 30 heavy (non-hydrogen) atoms. The molecule has 2 aromatic carbocycles. The van der Waals surface area contributed by atoms with Gasteiger partial charge < -0.3 is 14.5 Å². The lowest BCUT2D eigenvalue weighted by Gasteiger charge is -2.36. The molecule has 0 radical (unpaired) electrons. The minimum absolute atomic E-state index is 0.0337. The van der Waals surface area contributed by atoms with Gasteiger partial charge in [-0.2, -0.15) is 5.10 Å². The molecule has 2 aromatic heterocycles. The summed E-state index contributed by atoms with van der Waals surface area (Å²) in [6, 6.07) is 14.7. The van der Waals surface area contributed by atoms with E-state index in [1.807, 2.05) is 30.1 Å². The highest BCUT2D eigenvalue weighted by molar-refractivity contribution is 5.85. The Morgan fingerprint density at radius 3 is 2.73 bits per heavy atom. The van der Waals surface area contributed by atoms with E-state index in [1.165, 1.54) is 27.7 Å². The van der Waals surface area contributed by atoms with Gasteiger partial charge in [0.25, 0.3) is 0 Å². The zero-order valence-electron chi connectivity index (χ0n) is 17.6. The molecule has 0 bridgehead atoms. The quantitative estimate of drug-likeness (QED) is 0.547. The van der Waals surface area contributed by atoms with Crippen molar-refractivity contribution in [3.63, 3.8) is 0 Å². The van der Waals surface area contributed by atoms with Crippen molar-refractivity contribution in [1.82, 2.24) is 19.7 Å². The van der Waals surface area contributed by atoms with Crippen LogP contribution in [0.2, 0.25) is 0 Å². The Hall–Kier alpha value is -3.25. The second-order valence-corrected chi connectivity index (χ2v) is 7.79. The number of methoxy groups -OCH3 is 2. The van der Waals surface area contributed by atoms with Gasteiger partial charge in [0.15, 0.2) is 11.5 Å². The predicted molar refractivity (Wildman–Crippen MR) is 117 cm³/mol. The number of rotatable bonds is 5. The summed E-state index contributed by atoms with van der Waals surface area (Å²) in [7, 11) is 5.35. The lowest BCUT2D eigenvalue weighted by Crippen LogP contribution is -2.35. The molecule has 1 aliphatic heterocycles. The molecule has 1 atom stereocenters. The predicted octanol–water partition coefficient (Wildman–Crippen LogP) is 4.07. The monoisotopic (exact) mass is 402 g/mol. The lowest BCUT2D eigenvalue weighted by atomic mass is 9.91. The van der Waals surface area contributed by atoms with Crippen molar-refractivity contribution in [2.75, 3.05) is 20.8 Å². The van der Waals surface area contributed by atoms with Crippen molar-refractivity contribution in [2.45, 2.75) is 19.0 Å². The molecule has 3 heterocycles. The third-order valence-electron chi connectivity index (χ3n) is 6.01. The Balaban J connectivity index is 1.68. The average molecular weight is 402 g/mol. The van der Waals surface area contributed by atoms with Crippen LogP contribution in [0.25, 0.3) is 10.9 Å². The maximum absolute atomic E-state index is 5.83. The Bertz CT molecular complexity index is 1190. The number of nitrogens with zero attached hydrogens (tertiary/aromatic N) is 3. The van der Waals surface area contributed by atoms with Gasteiger partial charge in [0, 0.05) is 54.1 Å². The number of ether oxygens (including phenoxy) is 2. The Morgan fingerprint density at radius 1 is 1.10 bits per heavy atom. The van der Waals surface area contributed by atoms with E-state index in [-0.39, 0.29) is 6.04 Å². The van der Waals surface area contributed by atoms with E-state index >= 15 is 0 Å². The zero-order chi connectivity index (χ0) is 20.7. The maximum atomic E-state index is 5.83. The maximum Gasteiger partial charge on any atom is 0.165 e. The van der Waals surface area contributed by atoms with Gasteiger partial charge >= 0.3 is 0 Å². The first-order chi connectivity index (χ1) is 14.7. The van der Waals surface area contributed by atoms with Crippen molar-refractivity contribution in [1.29, 1.82) is 0 Å². The molecule has 0 saturated carbocycles. The minimum Gasteiger partial charge on any atom is -0.493 e. The molecular weight excluding hydrogens is 376 g/mol. The summed E-state index contributed by atoms with van der Waals surface area (Å²) < 4.78 is 13.3. The van der Waals surface area contributed by atoms with Crippen LogP contribution < -0.4 is 9.47 Å². The first-order valence-electron chi connectivity index (χ1n) is 10.2. The molecule has 1 N–H and O–H groups in total. The molecule has 154 valence electrons. The number of H-pyrrole nitrogens is 1. The molecule has 1 aliphatic rings. The third kappa shape index (κ3) is 3.04. The van der Waals surface area contributed by atoms with Gasteiger partial charge in [-0.05, 0) is 24.1 Å². The van der Waals surface area contributed by atoms with Gasteiger partial charge in [0.1, 0.15) is 0 Å². The Kier molecular flexibility index (Phi) is 4.71. The van der Waals surface area contributed by atoms with Gasteiger partial charge in [-0.15, -0.1) is 0 Å². The summed E-state index contributed by atoms with van der Waals surface area (Å²) in [6.45, 7) is 1.77. The molecular formula is C24H26N4O2. The standard InChI is InChI=1S/C24H26N4O2/c1-27-14-16(13-25-27)15-28-12-11-18-17-7-4-5-9-20(17)26-22(18)23(28)19-8-6-10-21(29-2)24(19)30-3/h4-10,13-14,23,26H,11-12,15H2,1-3H3. The Labute approximate surface area is 176 Å². The fraction of sp³-hybridized carbons (Fsp3) is 0.292. The molecule has 4 aromatic rings. The highest BCUT2D eigenvalue weighted by Crippen LogP contribution is 2.44. The van der Waals surface area contributed by atoms with Gasteiger partial charge in [-0.1, -0.05) is 30.3 Å². The average Bonchev–Trinajstić information content (AvgIpc) is 3.35. The zero-order valence-corrected chi connectivity index (χ0v) is 17.6. The third-order valence-corrected chi connectivity index (χ3v) is 6.01. The van der Waals surface area contributed by atoms with E-state index in [0.717, 1.165) is 36.6 Å². The number of hydrogen-bond acceptors (Lipinski definition) is 4. The number of aromatic nitrogens is 3. The molecule has 0 fully saturated rings. The van der Waals surface area contributed by atoms with Gasteiger partial charge in [-0.25, -0.2) is 0 Å². The largest absolute Gasteiger partial charge is 0.493 e. The van der Waals surface area contributed by atoms with Crippen LogP contribution in [0.3, 0.4) is 0 Å². The van der Waals surface area contributed by atoms with Crippen molar-refractivity contribution in [3.8, 4) is 11.5 Å². The number of fused-ring (bicyclic) bond motifs is 3. The van der Waals surface area contributed by atoms with Crippen LogP contribution in [0, 0.1) is 0 Å². The normalized spacial score (nSPS) is 16.6. The van der Waals surface area contributed by atoms with Crippen molar-refractivity contribution < 1.29 is 9.47 Å². The topological polar surface area (TPSA) is 55.3 Å². The van der Waals surface area contributed by atoms with Crippen LogP contribution in [0.1, 0.15) is 28.4 Å². The number of nitrogens with one attached hydrogen (secondary N) is 1. The van der Waals surface area contributed by atoms with Crippen molar-refractivity contribution in [3.05, 3.63) is 77.2 Å². The summed E-state index contributed by atoms with van der Waals surface area (Å²) in [4.78, 5) is 6.21. The number of benzene rings is 2. The fourth-order valence-corrected chi connectivity index (χ4v) is 4.73. The van der Waals surface area contributed by atoms with Crippen LogP contribution in [0.4, 0.5) is 0 Å². The highest BCUT2D eigenvalue weighted by atomic mass is 16.5. The first kappa shape index (κ1) is 18.8. The van der Waals surface area contributed by atoms with E-state index in [1.54, 1.807) is 14.2 Å². The number of para-hydroxylation sites is 2.